The van der Waals surface area contributed by atoms with E-state index in [1.54, 1.807) is 13.0 Å². The van der Waals surface area contributed by atoms with Crippen LogP contribution in [-0.2, 0) is 5.41 Å². The Balaban J connectivity index is 0.000000189. The van der Waals surface area contributed by atoms with Crippen molar-refractivity contribution in [3.05, 3.63) is 130 Å². The summed E-state index contributed by atoms with van der Waals surface area (Å²) in [6.07, 6.45) is 9.31. The highest BCUT2D eigenvalue weighted by atomic mass is 16.5. The van der Waals surface area contributed by atoms with Gasteiger partial charge in [-0.25, -0.2) is 28.8 Å². The molecular weight excluding hydrogens is 949 g/mol. The number of aromatic carboxylic acids is 6. The molecule has 0 aliphatic heterocycles. The monoisotopic (exact) mass is 1000 g/mol. The van der Waals surface area contributed by atoms with Crippen molar-refractivity contribution in [2.45, 2.75) is 116 Å². The van der Waals surface area contributed by atoms with Crippen LogP contribution in [0.3, 0.4) is 0 Å². The fourth-order valence-electron chi connectivity index (χ4n) is 6.24. The second kappa shape index (κ2) is 26.3. The third-order valence-corrected chi connectivity index (χ3v) is 10.5. The van der Waals surface area contributed by atoms with Gasteiger partial charge in [-0.3, -0.25) is 0 Å². The molecule has 0 spiro atoms. The van der Waals surface area contributed by atoms with Crippen LogP contribution in [0, 0.1) is 6.92 Å². The van der Waals surface area contributed by atoms with Crippen LogP contribution in [-0.4, -0.2) is 97.4 Å². The van der Waals surface area contributed by atoms with Crippen LogP contribution in [0.2, 0.25) is 0 Å². The molecule has 0 unspecified atom stereocenters. The minimum Gasteiger partial charge on any atom is -0.475 e. The van der Waals surface area contributed by atoms with Crippen molar-refractivity contribution in [2.24, 2.45) is 0 Å². The van der Waals surface area contributed by atoms with Crippen molar-refractivity contribution in [1.82, 2.24) is 30.9 Å². The Morgan fingerprint density at radius 3 is 1.22 bits per heavy atom. The molecule has 6 aromatic heterocycles. The van der Waals surface area contributed by atoms with Gasteiger partial charge in [0.15, 0.2) is 0 Å². The third kappa shape index (κ3) is 17.4. The second-order valence-electron chi connectivity index (χ2n) is 17.4. The van der Waals surface area contributed by atoms with E-state index in [9.17, 15) is 28.8 Å². The van der Waals surface area contributed by atoms with Gasteiger partial charge in [0.2, 0.25) is 34.6 Å². The molecule has 2 aliphatic carbocycles. The molecule has 0 bridgehead atoms. The summed E-state index contributed by atoms with van der Waals surface area (Å²) in [5, 5.41) is 72.8. The Morgan fingerprint density at radius 1 is 0.486 bits per heavy atom. The Morgan fingerprint density at radius 2 is 0.889 bits per heavy atom. The molecule has 0 atom stereocenters. The fourth-order valence-corrected chi connectivity index (χ4v) is 6.24. The molecule has 0 radical (unpaired) electrons. The van der Waals surface area contributed by atoms with Crippen LogP contribution in [0.5, 0.6) is 0 Å². The molecule has 9 rings (SSSR count). The average molecular weight is 1000 g/mol. The summed E-state index contributed by atoms with van der Waals surface area (Å²) in [4.78, 5) is 62.3. The highest BCUT2D eigenvalue weighted by Crippen LogP contribution is 2.36. The first-order valence-electron chi connectivity index (χ1n) is 22.3. The van der Waals surface area contributed by atoms with Crippen LogP contribution in [0.4, 0.5) is 0 Å². The maximum Gasteiger partial charge on any atom is 0.374 e. The number of benzene rings is 1. The molecule has 24 heteroatoms. The number of carboxylic acids is 6. The largest absolute Gasteiger partial charge is 0.475 e. The first-order valence-corrected chi connectivity index (χ1v) is 22.3. The lowest BCUT2D eigenvalue weighted by Gasteiger charge is -2.22. The van der Waals surface area contributed by atoms with Crippen molar-refractivity contribution in [2.75, 3.05) is 0 Å². The number of aryl methyl sites for hydroxylation is 1. The van der Waals surface area contributed by atoms with Crippen molar-refractivity contribution >= 4 is 35.8 Å². The first kappa shape index (κ1) is 55.9. The summed E-state index contributed by atoms with van der Waals surface area (Å²) in [5.74, 6) is -6.01. The van der Waals surface area contributed by atoms with Gasteiger partial charge in [0, 0.05) is 59.2 Å². The molecule has 6 heterocycles. The predicted molar refractivity (Wildman–Crippen MR) is 246 cm³/mol. The molecule has 2 aliphatic rings. The van der Waals surface area contributed by atoms with E-state index in [2.05, 4.69) is 53.6 Å². The SMILES string of the molecule is CC(C)(C)c1cc(C(=O)O)on1.CC(C)c1cc(C(=O)O)on1.Cc1cc(C(=O)O)on1.O=C(O)c1cc(-c2ccccc2)no1.O=C(O)c1cc(C2CCC2)no1.O=C(O)c1cc(C2CCCCC2)no1. The second-order valence-corrected chi connectivity index (χ2v) is 17.4. The number of rotatable bonds is 10. The quantitative estimate of drug-likeness (QED) is 0.0741. The summed E-state index contributed by atoms with van der Waals surface area (Å²) in [5.41, 5.74) is 4.69. The van der Waals surface area contributed by atoms with Crippen molar-refractivity contribution < 1.29 is 86.5 Å². The number of aromatic nitrogens is 6. The number of hydrogen-bond acceptors (Lipinski definition) is 18. The number of carboxylic acid groups (broad SMARTS) is 6. The summed E-state index contributed by atoms with van der Waals surface area (Å²) in [6.45, 7) is 11.3. The molecule has 0 amide bonds. The highest BCUT2D eigenvalue weighted by molar-refractivity contribution is 5.86. The van der Waals surface area contributed by atoms with Gasteiger partial charge in [-0.05, 0) is 38.5 Å². The van der Waals surface area contributed by atoms with Gasteiger partial charge in [-0.2, -0.15) is 0 Å². The minimum absolute atomic E-state index is 0.0504. The maximum atomic E-state index is 10.6. The molecule has 6 N–H and O–H groups in total. The zero-order valence-electron chi connectivity index (χ0n) is 40.0. The van der Waals surface area contributed by atoms with Gasteiger partial charge in [0.05, 0.1) is 28.5 Å². The van der Waals surface area contributed by atoms with E-state index in [1.807, 2.05) is 65.0 Å². The van der Waals surface area contributed by atoms with E-state index in [4.69, 9.17) is 35.2 Å². The molecule has 1 aromatic carbocycles. The molecular formula is C48H54N6O18. The van der Waals surface area contributed by atoms with Crippen LogP contribution in [0.25, 0.3) is 11.3 Å². The van der Waals surface area contributed by atoms with Crippen LogP contribution in [0.1, 0.15) is 196 Å². The van der Waals surface area contributed by atoms with Crippen molar-refractivity contribution in [3.63, 3.8) is 0 Å². The van der Waals surface area contributed by atoms with Crippen LogP contribution < -0.4 is 0 Å². The van der Waals surface area contributed by atoms with Gasteiger partial charge in [-0.1, -0.05) is 122 Å². The van der Waals surface area contributed by atoms with E-state index in [1.165, 1.54) is 56.0 Å². The zero-order chi connectivity index (χ0) is 53.1. The van der Waals surface area contributed by atoms with E-state index < -0.39 is 35.8 Å². The molecule has 7 aromatic rings. The van der Waals surface area contributed by atoms with Crippen LogP contribution >= 0.6 is 0 Å². The van der Waals surface area contributed by atoms with E-state index in [-0.39, 0.29) is 45.9 Å². The van der Waals surface area contributed by atoms with E-state index >= 15 is 0 Å². The normalized spacial score (nSPS) is 13.1. The number of nitrogens with zero attached hydrogens (tertiary/aromatic N) is 6. The van der Waals surface area contributed by atoms with Crippen molar-refractivity contribution in [1.29, 1.82) is 0 Å². The summed E-state index contributed by atoms with van der Waals surface area (Å²) >= 11 is 0. The van der Waals surface area contributed by atoms with Gasteiger partial charge in [0.1, 0.15) is 5.69 Å². The topological polar surface area (TPSA) is 380 Å². The van der Waals surface area contributed by atoms with Gasteiger partial charge in [-0.15, -0.1) is 0 Å². The molecule has 24 nitrogen and oxygen atoms in total. The number of hydrogen-bond donors (Lipinski definition) is 6. The van der Waals surface area contributed by atoms with Gasteiger partial charge in [0.25, 0.3) is 0 Å². The van der Waals surface area contributed by atoms with Crippen LogP contribution in [0.15, 0.2) is 93.9 Å². The lowest BCUT2D eigenvalue weighted by atomic mass is 9.83. The summed E-state index contributed by atoms with van der Waals surface area (Å²) in [7, 11) is 0. The predicted octanol–water partition coefficient (Wildman–Crippen LogP) is 9.95. The Labute approximate surface area is 409 Å². The van der Waals surface area contributed by atoms with E-state index in [0.717, 1.165) is 42.6 Å². The Bertz CT molecular complexity index is 2850. The molecule has 2 fully saturated rings. The zero-order valence-corrected chi connectivity index (χ0v) is 40.0. The summed E-state index contributed by atoms with van der Waals surface area (Å²) < 4.78 is 27.5. The molecule has 72 heavy (non-hydrogen) atoms. The lowest BCUT2D eigenvalue weighted by Crippen LogP contribution is -2.11. The standard InChI is InChI=1S/C10H13NO3.C10H7NO3.C8H9NO3.C8H11NO3.C7H9NO3.C5H5NO3/c2*12-10(13)9-6-8(11-14-9)7-4-2-1-3-5-7;10-8(11)7-4-6(9-12-7)5-2-1-3-5;1-8(2,3)6-4-5(7(10)11)12-9-6;1-4(2)5-3-6(7(9)10)11-8-5;1-3-2-4(5(7)8)9-6-3/h6-7H,1-5H2,(H,12,13);1-6H,(H,12,13);4-5H,1-3H2,(H,10,11);4H,1-3H3,(H,10,11);3-4H,1-2H3,(H,9,10);2H,1H3,(H,7,8). The Kier molecular flexibility index (Phi) is 20.4. The van der Waals surface area contributed by atoms with E-state index in [0.29, 0.717) is 34.6 Å². The Hall–Kier alpha value is -8.70. The van der Waals surface area contributed by atoms with Gasteiger partial charge < -0.3 is 57.8 Å². The number of carbonyl (C=O) groups is 6. The van der Waals surface area contributed by atoms with Crippen molar-refractivity contribution in [3.8, 4) is 11.3 Å². The molecule has 0 saturated heterocycles. The lowest BCUT2D eigenvalue weighted by molar-refractivity contribution is 0.0642. The molecule has 2 saturated carbocycles. The summed E-state index contributed by atoms with van der Waals surface area (Å²) in [6, 6.07) is 18.0. The smallest absolute Gasteiger partial charge is 0.374 e. The first-order chi connectivity index (χ1) is 34.0. The minimum atomic E-state index is -1.11. The average Bonchev–Trinajstić information content (AvgIpc) is 4.18. The maximum absolute atomic E-state index is 10.6. The highest BCUT2D eigenvalue weighted by Gasteiger charge is 2.25. The molecule has 384 valence electrons. The fraction of sp³-hybridized carbons (Fsp3) is 0.375. The third-order valence-electron chi connectivity index (χ3n) is 10.5. The van der Waals surface area contributed by atoms with Gasteiger partial charge >= 0.3 is 35.8 Å².